The van der Waals surface area contributed by atoms with Gasteiger partial charge in [0.15, 0.2) is 0 Å². The van der Waals surface area contributed by atoms with E-state index in [2.05, 4.69) is 10.5 Å². The SMILES string of the molecule is NCC(=O)OC(=O)[O-].[K+]. The van der Waals surface area contributed by atoms with Crippen molar-refractivity contribution in [3.63, 3.8) is 0 Å². The summed E-state index contributed by atoms with van der Waals surface area (Å²) in [6.45, 7) is -0.450. The molecule has 5 nitrogen and oxygen atoms in total. The molecule has 0 spiro atoms. The van der Waals surface area contributed by atoms with Crippen molar-refractivity contribution < 1.29 is 70.8 Å². The summed E-state index contributed by atoms with van der Waals surface area (Å²) < 4.78 is 3.44. The predicted molar refractivity (Wildman–Crippen MR) is 20.5 cm³/mol. The minimum absolute atomic E-state index is 0. The maximum absolute atomic E-state index is 9.85. The average Bonchev–Trinajstić information content (AvgIpc) is 1.65. The molecule has 9 heavy (non-hydrogen) atoms. The fraction of sp³-hybridized carbons (Fsp3) is 0.333. The van der Waals surface area contributed by atoms with Crippen LogP contribution in [0.2, 0.25) is 0 Å². The third kappa shape index (κ3) is 8.54. The van der Waals surface area contributed by atoms with Gasteiger partial charge in [0.2, 0.25) is 0 Å². The second kappa shape index (κ2) is 6.65. The normalized spacial score (nSPS) is 7.22. The number of esters is 1. The van der Waals surface area contributed by atoms with Gasteiger partial charge in [0.1, 0.15) is 0 Å². The van der Waals surface area contributed by atoms with Gasteiger partial charge >= 0.3 is 51.4 Å². The maximum Gasteiger partial charge on any atom is 1.00 e. The van der Waals surface area contributed by atoms with Crippen molar-refractivity contribution in [1.29, 1.82) is 0 Å². The van der Waals surface area contributed by atoms with Crippen LogP contribution in [0.25, 0.3) is 0 Å². The van der Waals surface area contributed by atoms with Crippen molar-refractivity contribution >= 4 is 12.1 Å². The Balaban J connectivity index is 0. The molecule has 6 heteroatoms. The smallest absolute Gasteiger partial charge is 0.483 e. The monoisotopic (exact) mass is 157 g/mol. The molecule has 0 aromatic rings. The molecule has 0 saturated heterocycles. The third-order valence-corrected chi connectivity index (χ3v) is 0.364. The minimum atomic E-state index is -1.87. The van der Waals surface area contributed by atoms with Gasteiger partial charge in [0.25, 0.3) is 12.1 Å². The first kappa shape index (κ1) is 12.2. The van der Waals surface area contributed by atoms with Crippen molar-refractivity contribution in [3.8, 4) is 0 Å². The molecule has 0 aliphatic rings. The zero-order valence-corrected chi connectivity index (χ0v) is 8.04. The predicted octanol–water partition coefficient (Wildman–Crippen LogP) is -5.16. The first-order chi connectivity index (χ1) is 3.66. The molecule has 0 bridgehead atoms. The van der Waals surface area contributed by atoms with Gasteiger partial charge in [-0.1, -0.05) is 0 Å². The van der Waals surface area contributed by atoms with E-state index in [-0.39, 0.29) is 51.4 Å². The van der Waals surface area contributed by atoms with Crippen LogP contribution < -0.4 is 62.2 Å². The number of rotatable bonds is 1. The number of carbonyl (C=O) groups is 2. The van der Waals surface area contributed by atoms with Crippen LogP contribution in [-0.4, -0.2) is 18.7 Å². The number of ether oxygens (including phenoxy) is 1. The van der Waals surface area contributed by atoms with Crippen LogP contribution >= 0.6 is 0 Å². The second-order valence-corrected chi connectivity index (χ2v) is 0.928. The molecule has 0 aromatic heterocycles. The second-order valence-electron chi connectivity index (χ2n) is 0.928. The van der Waals surface area contributed by atoms with Crippen LogP contribution in [0.4, 0.5) is 4.79 Å². The summed E-state index contributed by atoms with van der Waals surface area (Å²) >= 11 is 0. The molecule has 0 aliphatic heterocycles. The Kier molecular flexibility index (Phi) is 9.05. The molecule has 0 aromatic carbocycles. The van der Waals surface area contributed by atoms with Gasteiger partial charge in [-0.25, -0.2) is 0 Å². The van der Waals surface area contributed by atoms with Crippen LogP contribution in [-0.2, 0) is 9.53 Å². The van der Waals surface area contributed by atoms with E-state index in [4.69, 9.17) is 0 Å². The largest absolute Gasteiger partial charge is 1.00 e. The summed E-state index contributed by atoms with van der Waals surface area (Å²) in [5, 5.41) is 9.36. The van der Waals surface area contributed by atoms with Crippen LogP contribution in [0.1, 0.15) is 0 Å². The molecule has 0 rings (SSSR count). The topological polar surface area (TPSA) is 92.5 Å². The number of hydrogen-bond donors (Lipinski definition) is 1. The zero-order chi connectivity index (χ0) is 6.57. The van der Waals surface area contributed by atoms with Crippen LogP contribution in [0.5, 0.6) is 0 Å². The Hall–Kier alpha value is 0.536. The Morgan fingerprint density at radius 3 is 2.11 bits per heavy atom. The van der Waals surface area contributed by atoms with E-state index in [1.807, 2.05) is 0 Å². The van der Waals surface area contributed by atoms with E-state index in [1.165, 1.54) is 0 Å². The first-order valence-electron chi connectivity index (χ1n) is 1.78. The van der Waals surface area contributed by atoms with Gasteiger partial charge in [-0.3, -0.25) is 4.79 Å². The molecule has 0 unspecified atom stereocenters. The molecule has 0 aliphatic carbocycles. The molecule has 0 heterocycles. The van der Waals surface area contributed by atoms with Gasteiger partial charge in [0, 0.05) is 0 Å². The quantitative estimate of drug-likeness (QED) is 0.233. The van der Waals surface area contributed by atoms with Crippen LogP contribution in [0.15, 0.2) is 0 Å². The molecule has 0 atom stereocenters. The Morgan fingerprint density at radius 1 is 1.56 bits per heavy atom. The summed E-state index contributed by atoms with van der Waals surface area (Å²) in [7, 11) is 0. The molecular weight excluding hydrogens is 153 g/mol. The van der Waals surface area contributed by atoms with Gasteiger partial charge in [-0.05, 0) is 0 Å². The van der Waals surface area contributed by atoms with Crippen molar-refractivity contribution in [1.82, 2.24) is 0 Å². The third-order valence-electron chi connectivity index (χ3n) is 0.364. The van der Waals surface area contributed by atoms with Crippen molar-refractivity contribution in [2.75, 3.05) is 6.54 Å². The number of nitrogens with two attached hydrogens (primary N) is 1. The van der Waals surface area contributed by atoms with E-state index in [0.717, 1.165) is 0 Å². The fourth-order valence-electron chi connectivity index (χ4n) is 0.135. The van der Waals surface area contributed by atoms with E-state index >= 15 is 0 Å². The molecule has 46 valence electrons. The zero-order valence-electron chi connectivity index (χ0n) is 4.92. The summed E-state index contributed by atoms with van der Waals surface area (Å²) in [5.41, 5.74) is 4.65. The van der Waals surface area contributed by atoms with Gasteiger partial charge < -0.3 is 20.4 Å². The van der Waals surface area contributed by atoms with E-state index in [1.54, 1.807) is 0 Å². The molecule has 0 radical (unpaired) electrons. The maximum atomic E-state index is 9.85. The van der Waals surface area contributed by atoms with Crippen LogP contribution in [0.3, 0.4) is 0 Å². The van der Waals surface area contributed by atoms with Crippen molar-refractivity contribution in [2.24, 2.45) is 5.73 Å². The summed E-state index contributed by atoms with van der Waals surface area (Å²) in [6.07, 6.45) is -1.87. The molecule has 0 saturated carbocycles. The summed E-state index contributed by atoms with van der Waals surface area (Å²) in [6, 6.07) is 0. The van der Waals surface area contributed by atoms with Crippen LogP contribution in [0, 0.1) is 0 Å². The number of hydrogen-bond acceptors (Lipinski definition) is 5. The summed E-state index contributed by atoms with van der Waals surface area (Å²) in [4.78, 5) is 19.2. The Bertz CT molecular complexity index is 114. The first-order valence-corrected chi connectivity index (χ1v) is 1.78. The molecule has 0 amide bonds. The molecule has 2 N–H and O–H groups in total. The summed E-state index contributed by atoms with van der Waals surface area (Å²) in [5.74, 6) is -1.01. The molecular formula is C3H4KNO4. The Morgan fingerprint density at radius 2 is 2.00 bits per heavy atom. The van der Waals surface area contributed by atoms with E-state index in [9.17, 15) is 14.7 Å². The van der Waals surface area contributed by atoms with Crippen molar-refractivity contribution in [3.05, 3.63) is 0 Å². The standard InChI is InChI=1S/C3H5NO4.K/c4-1-2(5)8-3(6)7;/h1,4H2,(H,6,7);/q;+1/p-1. The average molecular weight is 157 g/mol. The number of carbonyl (C=O) groups excluding carboxylic acids is 2. The molecule has 0 fully saturated rings. The van der Waals surface area contributed by atoms with Gasteiger partial charge in [-0.2, -0.15) is 0 Å². The fourth-order valence-corrected chi connectivity index (χ4v) is 0.135. The van der Waals surface area contributed by atoms with Gasteiger partial charge in [-0.15, -0.1) is 0 Å². The van der Waals surface area contributed by atoms with Gasteiger partial charge in [0.05, 0.1) is 6.54 Å². The van der Waals surface area contributed by atoms with Crippen molar-refractivity contribution in [2.45, 2.75) is 0 Å². The van der Waals surface area contributed by atoms with E-state index in [0.29, 0.717) is 0 Å². The number of carboxylic acid groups (broad SMARTS) is 1. The minimum Gasteiger partial charge on any atom is -0.483 e. The van der Waals surface area contributed by atoms with E-state index < -0.39 is 18.7 Å². The Labute approximate surface area is 94.0 Å².